The number of hydrogen-bond donors (Lipinski definition) is 1. The molecule has 5 heteroatoms. The Hall–Kier alpha value is -2.82. The van der Waals surface area contributed by atoms with Gasteiger partial charge in [0.15, 0.2) is 6.61 Å². The van der Waals surface area contributed by atoms with Crippen molar-refractivity contribution in [1.29, 1.82) is 0 Å². The van der Waals surface area contributed by atoms with Crippen molar-refractivity contribution < 1.29 is 14.3 Å². The average molecular weight is 340 g/mol. The second-order valence-electron chi connectivity index (χ2n) is 6.22. The Morgan fingerprint density at radius 2 is 1.76 bits per heavy atom. The molecule has 2 rings (SSSR count). The number of anilines is 1. The van der Waals surface area contributed by atoms with Crippen LogP contribution in [0.3, 0.4) is 0 Å². The first-order valence-corrected chi connectivity index (χ1v) is 8.15. The first-order chi connectivity index (χ1) is 11.8. The number of benzene rings is 2. The number of likely N-dealkylation sites (N-methyl/N-ethyl adjacent to an activating group) is 1. The van der Waals surface area contributed by atoms with E-state index < -0.39 is 0 Å². The number of amides is 2. The number of hydrogen-bond acceptors (Lipinski definition) is 3. The molecule has 0 spiro atoms. The molecule has 2 amide bonds. The van der Waals surface area contributed by atoms with Crippen molar-refractivity contribution in [1.82, 2.24) is 4.90 Å². The molecule has 0 aliphatic carbocycles. The van der Waals surface area contributed by atoms with Crippen molar-refractivity contribution in [2.45, 2.75) is 20.8 Å². The van der Waals surface area contributed by atoms with E-state index in [4.69, 9.17) is 4.74 Å². The molecule has 0 unspecified atom stereocenters. The zero-order valence-corrected chi connectivity index (χ0v) is 15.1. The SMILES string of the molecule is Cc1cccc(OCC(=O)N(C)CC(=O)Nc2cc(C)ccc2C)c1. The quantitative estimate of drug-likeness (QED) is 0.879. The second kappa shape index (κ2) is 8.33. The Morgan fingerprint density at radius 1 is 1.04 bits per heavy atom. The van der Waals surface area contributed by atoms with Gasteiger partial charge < -0.3 is 15.0 Å². The molecule has 0 radical (unpaired) electrons. The molecule has 0 fully saturated rings. The largest absolute Gasteiger partial charge is 0.484 e. The molecule has 0 aromatic heterocycles. The Morgan fingerprint density at radius 3 is 2.48 bits per heavy atom. The summed E-state index contributed by atoms with van der Waals surface area (Å²) in [6.07, 6.45) is 0. The van der Waals surface area contributed by atoms with Gasteiger partial charge in [-0.15, -0.1) is 0 Å². The van der Waals surface area contributed by atoms with E-state index in [0.29, 0.717) is 5.75 Å². The maximum Gasteiger partial charge on any atom is 0.260 e. The highest BCUT2D eigenvalue weighted by Gasteiger charge is 2.14. The van der Waals surface area contributed by atoms with E-state index in [9.17, 15) is 9.59 Å². The number of ether oxygens (including phenoxy) is 1. The summed E-state index contributed by atoms with van der Waals surface area (Å²) in [6, 6.07) is 13.3. The fraction of sp³-hybridized carbons (Fsp3) is 0.300. The maximum atomic E-state index is 12.2. The van der Waals surface area contributed by atoms with Crippen LogP contribution in [0.15, 0.2) is 42.5 Å². The van der Waals surface area contributed by atoms with Gasteiger partial charge in [-0.25, -0.2) is 0 Å². The van der Waals surface area contributed by atoms with E-state index in [1.54, 1.807) is 13.1 Å². The number of nitrogens with one attached hydrogen (secondary N) is 1. The van der Waals surface area contributed by atoms with Crippen LogP contribution in [-0.4, -0.2) is 36.9 Å². The molecule has 0 saturated heterocycles. The van der Waals surface area contributed by atoms with Gasteiger partial charge in [0.05, 0.1) is 6.54 Å². The molecular formula is C20H24N2O3. The van der Waals surface area contributed by atoms with E-state index in [-0.39, 0.29) is 25.0 Å². The summed E-state index contributed by atoms with van der Waals surface area (Å²) in [5.74, 6) is 0.152. The third-order valence-electron chi connectivity index (χ3n) is 3.83. The van der Waals surface area contributed by atoms with E-state index in [0.717, 1.165) is 22.4 Å². The van der Waals surface area contributed by atoms with Gasteiger partial charge in [0.25, 0.3) is 5.91 Å². The summed E-state index contributed by atoms with van der Waals surface area (Å²) >= 11 is 0. The highest BCUT2D eigenvalue weighted by atomic mass is 16.5. The van der Waals surface area contributed by atoms with Crippen LogP contribution in [0.25, 0.3) is 0 Å². The van der Waals surface area contributed by atoms with E-state index >= 15 is 0 Å². The van der Waals surface area contributed by atoms with Crippen molar-refractivity contribution in [3.63, 3.8) is 0 Å². The topological polar surface area (TPSA) is 58.6 Å². The van der Waals surface area contributed by atoms with Crippen LogP contribution in [0, 0.1) is 20.8 Å². The lowest BCUT2D eigenvalue weighted by Gasteiger charge is -2.18. The van der Waals surface area contributed by atoms with Crippen molar-refractivity contribution in [3.8, 4) is 5.75 Å². The lowest BCUT2D eigenvalue weighted by atomic mass is 10.1. The zero-order chi connectivity index (χ0) is 18.4. The number of rotatable bonds is 6. The Labute approximate surface area is 148 Å². The Bertz CT molecular complexity index is 771. The fourth-order valence-electron chi connectivity index (χ4n) is 2.32. The summed E-state index contributed by atoms with van der Waals surface area (Å²) in [7, 11) is 1.59. The van der Waals surface area contributed by atoms with Crippen LogP contribution in [0.2, 0.25) is 0 Å². The summed E-state index contributed by atoms with van der Waals surface area (Å²) in [6.45, 7) is 5.73. The average Bonchev–Trinajstić information content (AvgIpc) is 2.56. The number of carbonyl (C=O) groups is 2. The molecule has 2 aromatic rings. The van der Waals surface area contributed by atoms with Gasteiger partial charge in [-0.1, -0.05) is 24.3 Å². The van der Waals surface area contributed by atoms with Crippen LogP contribution in [0.4, 0.5) is 5.69 Å². The molecule has 25 heavy (non-hydrogen) atoms. The normalized spacial score (nSPS) is 10.2. The molecule has 5 nitrogen and oxygen atoms in total. The highest BCUT2D eigenvalue weighted by Crippen LogP contribution is 2.16. The predicted molar refractivity (Wildman–Crippen MR) is 98.9 cm³/mol. The standard InChI is InChI=1S/C20H24N2O3/c1-14-6-5-7-17(10-14)25-13-20(24)22(4)12-19(23)21-18-11-15(2)8-9-16(18)3/h5-11H,12-13H2,1-4H3,(H,21,23). The summed E-state index contributed by atoms with van der Waals surface area (Å²) in [5, 5.41) is 2.84. The molecule has 132 valence electrons. The van der Waals surface area contributed by atoms with Gasteiger partial charge in [-0.2, -0.15) is 0 Å². The first kappa shape index (κ1) is 18.5. The first-order valence-electron chi connectivity index (χ1n) is 8.15. The highest BCUT2D eigenvalue weighted by molar-refractivity contribution is 5.95. The summed E-state index contributed by atoms with van der Waals surface area (Å²) in [5.41, 5.74) is 3.88. The van der Waals surface area contributed by atoms with E-state index in [1.165, 1.54) is 4.90 Å². The van der Waals surface area contributed by atoms with Crippen LogP contribution in [-0.2, 0) is 9.59 Å². The minimum atomic E-state index is -0.252. The Balaban J connectivity index is 1.85. The molecule has 0 heterocycles. The summed E-state index contributed by atoms with van der Waals surface area (Å²) < 4.78 is 5.48. The molecule has 2 aromatic carbocycles. The van der Waals surface area contributed by atoms with Gasteiger partial charge in [-0.05, 0) is 55.7 Å². The fourth-order valence-corrected chi connectivity index (χ4v) is 2.32. The van der Waals surface area contributed by atoms with Crippen LogP contribution in [0.5, 0.6) is 5.75 Å². The number of nitrogens with zero attached hydrogens (tertiary/aromatic N) is 1. The minimum Gasteiger partial charge on any atom is -0.484 e. The lowest BCUT2D eigenvalue weighted by Crippen LogP contribution is -2.37. The molecule has 0 aliphatic heterocycles. The molecule has 0 bridgehead atoms. The predicted octanol–water partition coefficient (Wildman–Crippen LogP) is 3.09. The van der Waals surface area contributed by atoms with Gasteiger partial charge in [-0.3, -0.25) is 9.59 Å². The molecule has 0 saturated carbocycles. The number of carbonyl (C=O) groups excluding carboxylic acids is 2. The van der Waals surface area contributed by atoms with Gasteiger partial charge in [0.2, 0.25) is 5.91 Å². The van der Waals surface area contributed by atoms with E-state index in [1.807, 2.05) is 57.2 Å². The van der Waals surface area contributed by atoms with Gasteiger partial charge in [0.1, 0.15) is 5.75 Å². The van der Waals surface area contributed by atoms with Crippen molar-refractivity contribution in [3.05, 3.63) is 59.2 Å². The van der Waals surface area contributed by atoms with E-state index in [2.05, 4.69) is 5.32 Å². The third kappa shape index (κ3) is 5.64. The smallest absolute Gasteiger partial charge is 0.260 e. The van der Waals surface area contributed by atoms with Gasteiger partial charge in [0, 0.05) is 12.7 Å². The number of aryl methyl sites for hydroxylation is 3. The van der Waals surface area contributed by atoms with Crippen molar-refractivity contribution in [2.24, 2.45) is 0 Å². The van der Waals surface area contributed by atoms with Gasteiger partial charge >= 0.3 is 0 Å². The van der Waals surface area contributed by atoms with Crippen LogP contribution in [0.1, 0.15) is 16.7 Å². The third-order valence-corrected chi connectivity index (χ3v) is 3.83. The van der Waals surface area contributed by atoms with Crippen molar-refractivity contribution >= 4 is 17.5 Å². The lowest BCUT2D eigenvalue weighted by molar-refractivity contribution is -0.135. The Kier molecular flexibility index (Phi) is 6.17. The maximum absolute atomic E-state index is 12.2. The molecule has 0 aliphatic rings. The summed E-state index contributed by atoms with van der Waals surface area (Å²) in [4.78, 5) is 25.7. The minimum absolute atomic E-state index is 0.0244. The van der Waals surface area contributed by atoms with Crippen LogP contribution >= 0.6 is 0 Å². The molecular weight excluding hydrogens is 316 g/mol. The second-order valence-corrected chi connectivity index (χ2v) is 6.22. The molecule has 0 atom stereocenters. The zero-order valence-electron chi connectivity index (χ0n) is 15.1. The van der Waals surface area contributed by atoms with Crippen LogP contribution < -0.4 is 10.1 Å². The monoisotopic (exact) mass is 340 g/mol. The molecule has 1 N–H and O–H groups in total. The van der Waals surface area contributed by atoms with Crippen molar-refractivity contribution in [2.75, 3.05) is 25.5 Å².